The van der Waals surface area contributed by atoms with Gasteiger partial charge in [-0.15, -0.1) is 0 Å². The summed E-state index contributed by atoms with van der Waals surface area (Å²) in [5.41, 5.74) is 5.94. The quantitative estimate of drug-likeness (QED) is 0.772. The van der Waals surface area contributed by atoms with E-state index in [1.807, 2.05) is 0 Å². The lowest BCUT2D eigenvalue weighted by atomic mass is 9.64. The molecule has 2 bridgehead atoms. The van der Waals surface area contributed by atoms with Crippen molar-refractivity contribution in [3.8, 4) is 0 Å². The van der Waals surface area contributed by atoms with E-state index in [1.165, 1.54) is 32.1 Å². The lowest BCUT2D eigenvalue weighted by Gasteiger charge is -2.41. The molecule has 92 valence electrons. The van der Waals surface area contributed by atoms with Crippen LogP contribution < -0.4 is 5.73 Å². The number of hydrogen-bond acceptors (Lipinski definition) is 2. The van der Waals surface area contributed by atoms with Crippen LogP contribution in [0.15, 0.2) is 0 Å². The Hall–Kier alpha value is -0.570. The summed E-state index contributed by atoms with van der Waals surface area (Å²) in [5, 5.41) is 8.95. The monoisotopic (exact) mass is 225 g/mol. The molecule has 3 N–H and O–H groups in total. The van der Waals surface area contributed by atoms with Gasteiger partial charge in [-0.1, -0.05) is 26.2 Å². The van der Waals surface area contributed by atoms with Crippen molar-refractivity contribution in [1.29, 1.82) is 0 Å². The maximum Gasteiger partial charge on any atom is 0.320 e. The predicted octanol–water partition coefficient (Wildman–Crippen LogP) is 2.39. The first-order chi connectivity index (χ1) is 7.54. The van der Waals surface area contributed by atoms with Crippen molar-refractivity contribution >= 4 is 5.97 Å². The van der Waals surface area contributed by atoms with Gasteiger partial charge in [-0.05, 0) is 42.9 Å². The molecule has 2 aliphatic carbocycles. The van der Waals surface area contributed by atoms with Gasteiger partial charge < -0.3 is 10.8 Å². The summed E-state index contributed by atoms with van der Waals surface area (Å²) in [6.45, 7) is 2.19. The molecule has 0 aromatic carbocycles. The molecule has 2 rings (SSSR count). The van der Waals surface area contributed by atoms with Crippen LogP contribution in [0.5, 0.6) is 0 Å². The van der Waals surface area contributed by atoms with E-state index >= 15 is 0 Å². The van der Waals surface area contributed by atoms with Gasteiger partial charge in [0.25, 0.3) is 0 Å². The van der Waals surface area contributed by atoms with E-state index < -0.39 is 12.0 Å². The molecule has 0 aromatic heterocycles. The topological polar surface area (TPSA) is 63.3 Å². The summed E-state index contributed by atoms with van der Waals surface area (Å²) in [6, 6.07) is -0.669. The van der Waals surface area contributed by atoms with Crippen molar-refractivity contribution < 1.29 is 9.90 Å². The van der Waals surface area contributed by atoms with E-state index in [1.54, 1.807) is 0 Å². The molecule has 16 heavy (non-hydrogen) atoms. The summed E-state index contributed by atoms with van der Waals surface area (Å²) in [6.07, 6.45) is 8.27. The van der Waals surface area contributed by atoms with Crippen molar-refractivity contribution in [1.82, 2.24) is 0 Å². The molecule has 2 saturated carbocycles. The van der Waals surface area contributed by atoms with E-state index in [9.17, 15) is 4.79 Å². The minimum Gasteiger partial charge on any atom is -0.480 e. The molecule has 2 unspecified atom stereocenters. The number of aliphatic carboxylic acids is 1. The normalized spacial score (nSPS) is 39.6. The number of nitrogens with two attached hydrogens (primary N) is 1. The van der Waals surface area contributed by atoms with Crippen LogP contribution in [-0.4, -0.2) is 17.1 Å². The average molecular weight is 225 g/mol. The Morgan fingerprint density at radius 1 is 1.44 bits per heavy atom. The summed E-state index contributed by atoms with van der Waals surface area (Å²) in [7, 11) is 0. The molecule has 3 nitrogen and oxygen atoms in total. The number of hydrogen-bond donors (Lipinski definition) is 2. The highest BCUT2D eigenvalue weighted by molar-refractivity contribution is 5.73. The lowest BCUT2D eigenvalue weighted by molar-refractivity contribution is -0.139. The fourth-order valence-electron chi connectivity index (χ4n) is 4.01. The Morgan fingerprint density at radius 2 is 2.00 bits per heavy atom. The SMILES string of the molecule is CCC1(C[C@H](N)C(=O)O)CC2CCC(C2)C1. The van der Waals surface area contributed by atoms with E-state index in [4.69, 9.17) is 10.8 Å². The molecule has 3 atom stereocenters. The van der Waals surface area contributed by atoms with E-state index in [0.29, 0.717) is 6.42 Å². The fourth-order valence-corrected chi connectivity index (χ4v) is 4.01. The van der Waals surface area contributed by atoms with Crippen molar-refractivity contribution in [3.05, 3.63) is 0 Å². The number of carboxylic acids is 1. The largest absolute Gasteiger partial charge is 0.480 e. The average Bonchev–Trinajstić information content (AvgIpc) is 2.58. The van der Waals surface area contributed by atoms with Crippen LogP contribution in [-0.2, 0) is 4.79 Å². The van der Waals surface area contributed by atoms with Gasteiger partial charge in [-0.3, -0.25) is 4.79 Å². The second kappa shape index (κ2) is 4.36. The Labute approximate surface area is 97.4 Å². The van der Waals surface area contributed by atoms with Crippen LogP contribution in [0.2, 0.25) is 0 Å². The van der Waals surface area contributed by atoms with Crippen LogP contribution in [0.1, 0.15) is 51.9 Å². The first-order valence-corrected chi connectivity index (χ1v) is 6.53. The second-order valence-corrected chi connectivity index (χ2v) is 5.96. The molecule has 0 heterocycles. The number of carbonyl (C=O) groups is 1. The highest BCUT2D eigenvalue weighted by atomic mass is 16.4. The van der Waals surface area contributed by atoms with Gasteiger partial charge in [0.05, 0.1) is 0 Å². The van der Waals surface area contributed by atoms with Gasteiger partial charge in [0.1, 0.15) is 6.04 Å². The summed E-state index contributed by atoms with van der Waals surface area (Å²) in [5.74, 6) is 0.852. The Kier molecular flexibility index (Phi) is 3.24. The molecular formula is C13H23NO2. The molecule has 2 fully saturated rings. The van der Waals surface area contributed by atoms with Crippen LogP contribution in [0.4, 0.5) is 0 Å². The molecule has 0 aliphatic heterocycles. The predicted molar refractivity (Wildman–Crippen MR) is 63.0 cm³/mol. The first kappa shape index (κ1) is 11.9. The Balaban J connectivity index is 2.05. The van der Waals surface area contributed by atoms with Gasteiger partial charge in [-0.2, -0.15) is 0 Å². The standard InChI is InChI=1S/C13H23NO2/c1-2-13(8-11(14)12(15)16)6-9-3-4-10(5-9)7-13/h9-11H,2-8,14H2,1H3,(H,15,16)/t9?,10?,11-,13?/m0/s1. The highest BCUT2D eigenvalue weighted by Crippen LogP contribution is 2.53. The zero-order valence-corrected chi connectivity index (χ0v) is 10.1. The highest BCUT2D eigenvalue weighted by Gasteiger charge is 2.43. The van der Waals surface area contributed by atoms with Gasteiger partial charge in [0, 0.05) is 0 Å². The summed E-state index contributed by atoms with van der Waals surface area (Å²) in [4.78, 5) is 10.9. The Bertz CT molecular complexity index is 265. The number of rotatable bonds is 4. The minimum atomic E-state index is -0.842. The van der Waals surface area contributed by atoms with Gasteiger partial charge in [0.15, 0.2) is 0 Å². The van der Waals surface area contributed by atoms with E-state index in [2.05, 4.69) is 6.92 Å². The molecular weight excluding hydrogens is 202 g/mol. The van der Waals surface area contributed by atoms with Crippen molar-refractivity contribution in [2.24, 2.45) is 23.0 Å². The summed E-state index contributed by atoms with van der Waals surface area (Å²) < 4.78 is 0. The summed E-state index contributed by atoms with van der Waals surface area (Å²) >= 11 is 0. The smallest absolute Gasteiger partial charge is 0.320 e. The molecule has 0 radical (unpaired) electrons. The third-order valence-corrected chi connectivity index (χ3v) is 4.81. The number of carboxylic acid groups (broad SMARTS) is 1. The first-order valence-electron chi connectivity index (χ1n) is 6.53. The fraction of sp³-hybridized carbons (Fsp3) is 0.923. The van der Waals surface area contributed by atoms with Gasteiger partial charge in [0.2, 0.25) is 0 Å². The zero-order valence-electron chi connectivity index (χ0n) is 10.1. The van der Waals surface area contributed by atoms with E-state index in [0.717, 1.165) is 18.3 Å². The molecule has 3 heteroatoms. The lowest BCUT2D eigenvalue weighted by Crippen LogP contribution is -2.40. The molecule has 0 spiro atoms. The van der Waals surface area contributed by atoms with Crippen LogP contribution in [0, 0.1) is 17.3 Å². The van der Waals surface area contributed by atoms with Crippen LogP contribution in [0.3, 0.4) is 0 Å². The maximum atomic E-state index is 10.9. The maximum absolute atomic E-state index is 10.9. The van der Waals surface area contributed by atoms with Gasteiger partial charge in [-0.25, -0.2) is 0 Å². The third-order valence-electron chi connectivity index (χ3n) is 4.81. The Morgan fingerprint density at radius 3 is 2.44 bits per heavy atom. The molecule has 2 aliphatic rings. The van der Waals surface area contributed by atoms with Gasteiger partial charge >= 0.3 is 5.97 Å². The second-order valence-electron chi connectivity index (χ2n) is 5.96. The molecule has 0 saturated heterocycles. The third kappa shape index (κ3) is 2.24. The molecule has 0 amide bonds. The van der Waals surface area contributed by atoms with E-state index in [-0.39, 0.29) is 5.41 Å². The zero-order chi connectivity index (χ0) is 11.8. The van der Waals surface area contributed by atoms with Crippen LogP contribution in [0.25, 0.3) is 0 Å². The van der Waals surface area contributed by atoms with Crippen molar-refractivity contribution in [2.75, 3.05) is 0 Å². The van der Waals surface area contributed by atoms with Crippen molar-refractivity contribution in [2.45, 2.75) is 57.9 Å². The number of fused-ring (bicyclic) bond motifs is 2. The van der Waals surface area contributed by atoms with Crippen molar-refractivity contribution in [3.63, 3.8) is 0 Å². The minimum absolute atomic E-state index is 0.224. The molecule has 0 aromatic rings. The van der Waals surface area contributed by atoms with Crippen LogP contribution >= 0.6 is 0 Å².